The molecule has 0 atom stereocenters. The van der Waals surface area contributed by atoms with Gasteiger partial charge < -0.3 is 38.8 Å². The van der Waals surface area contributed by atoms with E-state index in [1.165, 1.54) is 18.7 Å². The number of piperidine rings is 1. The van der Waals surface area contributed by atoms with E-state index in [-0.39, 0.29) is 19.4 Å². The summed E-state index contributed by atoms with van der Waals surface area (Å²) in [6.07, 6.45) is -1.34. The minimum atomic E-state index is -5.56. The molecule has 0 saturated carbocycles. The van der Waals surface area contributed by atoms with Gasteiger partial charge in [-0.1, -0.05) is 51.1 Å². The van der Waals surface area contributed by atoms with Crippen LogP contribution in [0.4, 0.5) is 4.79 Å². The Bertz CT molecular complexity index is 1120. The van der Waals surface area contributed by atoms with Crippen molar-refractivity contribution in [3.05, 3.63) is 35.9 Å². The monoisotopic (exact) mass is 620 g/mol. The summed E-state index contributed by atoms with van der Waals surface area (Å²) in [5.41, 5.74) is -0.659. The highest BCUT2D eigenvalue weighted by atomic mass is 31.2. The molecule has 0 aliphatic carbocycles. The van der Waals surface area contributed by atoms with Crippen LogP contribution in [0.3, 0.4) is 0 Å². The van der Waals surface area contributed by atoms with Crippen molar-refractivity contribution in [3.8, 4) is 0 Å². The van der Waals surface area contributed by atoms with Crippen LogP contribution in [0.5, 0.6) is 0 Å². The molecule has 2 rings (SSSR count). The van der Waals surface area contributed by atoms with E-state index in [4.69, 9.17) is 9.47 Å². The third kappa shape index (κ3) is 7.77. The second-order valence-corrected chi connectivity index (χ2v) is 14.2. The maximum absolute atomic E-state index is 13.8. The fraction of sp³-hybridized carbons (Fsp3) is 0.654. The summed E-state index contributed by atoms with van der Waals surface area (Å²) in [5, 5.41) is -3.06. The molecule has 0 aromatic heterocycles. The standard InChI is InChI=1S/C26H42N2O11P2/c1-5-25(6-2,23(30)28(8-4)26(7-3,40(32,33)34)41(35,36)37)18-22(29)39-21-14-16-27(17-15-21)24(31)38-19-20-12-10-9-11-13-20/h9-13,21H,5-8,14-19H2,1-4H3,(H2,32,33,34)(H2,35,36,37). The first kappa shape index (κ1) is 34.9. The van der Waals surface area contributed by atoms with Crippen LogP contribution in [0, 0.1) is 5.41 Å². The third-order valence-corrected chi connectivity index (χ3v) is 12.4. The molecule has 1 aliphatic heterocycles. The highest BCUT2D eigenvalue weighted by molar-refractivity contribution is 7.72. The summed E-state index contributed by atoms with van der Waals surface area (Å²) in [6.45, 7) is 6.10. The summed E-state index contributed by atoms with van der Waals surface area (Å²) >= 11 is 0. The molecule has 1 aromatic carbocycles. The maximum Gasteiger partial charge on any atom is 0.410 e. The second kappa shape index (κ2) is 14.3. The van der Waals surface area contributed by atoms with Gasteiger partial charge in [-0.3, -0.25) is 18.7 Å². The van der Waals surface area contributed by atoms with Crippen LogP contribution < -0.4 is 0 Å². The average Bonchev–Trinajstić information content (AvgIpc) is 2.92. The fourth-order valence-electron chi connectivity index (χ4n) is 5.28. The Labute approximate surface area is 240 Å². The lowest BCUT2D eigenvalue weighted by Crippen LogP contribution is -2.56. The Kier molecular flexibility index (Phi) is 12.2. The Morgan fingerprint density at radius 3 is 1.90 bits per heavy atom. The van der Waals surface area contributed by atoms with Crippen molar-refractivity contribution in [3.63, 3.8) is 0 Å². The molecule has 2 amide bonds. The molecule has 0 radical (unpaired) electrons. The Hall–Kier alpha value is -2.27. The van der Waals surface area contributed by atoms with Crippen LogP contribution in [0.1, 0.15) is 71.8 Å². The number of carbonyl (C=O) groups excluding carboxylic acids is 3. The first-order valence-corrected chi connectivity index (χ1v) is 16.9. The van der Waals surface area contributed by atoms with E-state index >= 15 is 0 Å². The summed E-state index contributed by atoms with van der Waals surface area (Å²) in [7, 11) is -11.1. The molecule has 4 N–H and O–H groups in total. The average molecular weight is 621 g/mol. The van der Waals surface area contributed by atoms with Crippen molar-refractivity contribution >= 4 is 33.2 Å². The van der Waals surface area contributed by atoms with Crippen LogP contribution in [-0.4, -0.2) is 78.1 Å². The van der Waals surface area contributed by atoms with Gasteiger partial charge in [0.25, 0.3) is 0 Å². The van der Waals surface area contributed by atoms with Crippen molar-refractivity contribution in [2.45, 2.75) is 84.0 Å². The van der Waals surface area contributed by atoms with Gasteiger partial charge >= 0.3 is 27.3 Å². The molecule has 15 heteroatoms. The van der Waals surface area contributed by atoms with E-state index in [1.54, 1.807) is 13.8 Å². The van der Waals surface area contributed by atoms with Gasteiger partial charge in [0.2, 0.25) is 10.9 Å². The number of benzene rings is 1. The smallest absolute Gasteiger partial charge is 0.410 e. The van der Waals surface area contributed by atoms with Crippen LogP contribution in [0.25, 0.3) is 0 Å². The molecule has 41 heavy (non-hydrogen) atoms. The van der Waals surface area contributed by atoms with E-state index in [9.17, 15) is 43.1 Å². The number of likely N-dealkylation sites (tertiary alicyclic amines) is 1. The molecular formula is C26H42N2O11P2. The molecule has 0 bridgehead atoms. The number of ether oxygens (including phenoxy) is 2. The highest BCUT2D eigenvalue weighted by Crippen LogP contribution is 2.72. The largest absolute Gasteiger partial charge is 0.462 e. The van der Waals surface area contributed by atoms with Crippen molar-refractivity contribution in [2.24, 2.45) is 5.41 Å². The molecule has 13 nitrogen and oxygen atoms in total. The number of hydrogen-bond donors (Lipinski definition) is 4. The molecule has 1 heterocycles. The normalized spacial score (nSPS) is 15.4. The number of carbonyl (C=O) groups is 3. The van der Waals surface area contributed by atoms with Crippen molar-refractivity contribution in [1.29, 1.82) is 0 Å². The maximum atomic E-state index is 13.8. The number of hydrogen-bond acceptors (Lipinski definition) is 7. The minimum Gasteiger partial charge on any atom is -0.462 e. The number of rotatable bonds is 13. The van der Waals surface area contributed by atoms with Gasteiger partial charge in [-0.05, 0) is 31.7 Å². The lowest BCUT2D eigenvalue weighted by atomic mass is 9.77. The first-order valence-electron chi connectivity index (χ1n) is 13.7. The van der Waals surface area contributed by atoms with E-state index in [1.807, 2.05) is 30.3 Å². The quantitative estimate of drug-likeness (QED) is 0.185. The minimum absolute atomic E-state index is 0.0573. The zero-order valence-electron chi connectivity index (χ0n) is 24.0. The lowest BCUT2D eigenvalue weighted by molar-refractivity contribution is -0.160. The van der Waals surface area contributed by atoms with Crippen LogP contribution in [-0.2, 0) is 34.8 Å². The molecule has 0 unspecified atom stereocenters. The highest BCUT2D eigenvalue weighted by Gasteiger charge is 2.65. The molecule has 1 aromatic rings. The van der Waals surface area contributed by atoms with E-state index in [2.05, 4.69) is 0 Å². The SMILES string of the molecule is CCN(C(=O)C(CC)(CC)CC(=O)OC1CCN(C(=O)OCc2ccccc2)CC1)C(CC)(P(=O)(O)O)P(=O)(O)O. The summed E-state index contributed by atoms with van der Waals surface area (Å²) < 4.78 is 36.0. The van der Waals surface area contributed by atoms with Gasteiger partial charge in [0, 0.05) is 32.5 Å². The van der Waals surface area contributed by atoms with Gasteiger partial charge in [-0.2, -0.15) is 0 Å². The second-order valence-electron chi connectivity index (χ2n) is 10.1. The predicted octanol–water partition coefficient (Wildman–Crippen LogP) is 3.80. The van der Waals surface area contributed by atoms with E-state index in [0.29, 0.717) is 30.8 Å². The third-order valence-electron chi connectivity index (χ3n) is 7.89. The molecule has 1 fully saturated rings. The van der Waals surface area contributed by atoms with E-state index in [0.717, 1.165) is 5.56 Å². The summed E-state index contributed by atoms with van der Waals surface area (Å²) in [4.78, 5) is 81.7. The van der Waals surface area contributed by atoms with Crippen molar-refractivity contribution in [2.75, 3.05) is 19.6 Å². The number of nitrogens with zero attached hydrogens (tertiary/aromatic N) is 2. The summed E-state index contributed by atoms with van der Waals surface area (Å²) in [5.74, 6) is -1.66. The van der Waals surface area contributed by atoms with Gasteiger partial charge in [0.05, 0.1) is 11.8 Å². The van der Waals surface area contributed by atoms with Crippen molar-refractivity contribution in [1.82, 2.24) is 9.80 Å². The summed E-state index contributed by atoms with van der Waals surface area (Å²) in [6, 6.07) is 9.24. The number of amides is 2. The molecule has 232 valence electrons. The van der Waals surface area contributed by atoms with Crippen LogP contribution in [0.2, 0.25) is 0 Å². The zero-order valence-corrected chi connectivity index (χ0v) is 25.8. The van der Waals surface area contributed by atoms with Gasteiger partial charge in [0.15, 0.2) is 0 Å². The topological polar surface area (TPSA) is 191 Å². The van der Waals surface area contributed by atoms with Crippen molar-refractivity contribution < 1.29 is 52.6 Å². The fourth-order valence-corrected chi connectivity index (χ4v) is 8.56. The molecular weight excluding hydrogens is 578 g/mol. The van der Waals surface area contributed by atoms with Crippen LogP contribution in [0.15, 0.2) is 30.3 Å². The first-order chi connectivity index (χ1) is 19.1. The zero-order chi connectivity index (χ0) is 31.1. The molecule has 0 spiro atoms. The van der Waals surface area contributed by atoms with Gasteiger partial charge in [0.1, 0.15) is 12.7 Å². The number of esters is 1. The predicted molar refractivity (Wildman–Crippen MR) is 149 cm³/mol. The van der Waals surface area contributed by atoms with Crippen LogP contribution >= 0.6 is 15.2 Å². The van der Waals surface area contributed by atoms with Gasteiger partial charge in [-0.15, -0.1) is 0 Å². The Morgan fingerprint density at radius 2 is 1.46 bits per heavy atom. The lowest BCUT2D eigenvalue weighted by Gasteiger charge is -2.46. The molecule has 1 saturated heterocycles. The Balaban J connectivity index is 2.10. The molecule has 1 aliphatic rings. The van der Waals surface area contributed by atoms with Gasteiger partial charge in [-0.25, -0.2) is 4.79 Å². The van der Waals surface area contributed by atoms with E-state index < -0.39 is 69.1 Å². The Morgan fingerprint density at radius 1 is 0.927 bits per heavy atom.